The molecular formula is C17H14N4O2. The van der Waals surface area contributed by atoms with Crippen LogP contribution in [-0.4, -0.2) is 20.5 Å². The van der Waals surface area contributed by atoms with E-state index in [1.54, 1.807) is 29.8 Å². The Morgan fingerprint density at radius 2 is 2.00 bits per heavy atom. The fourth-order valence-electron chi connectivity index (χ4n) is 1.97. The summed E-state index contributed by atoms with van der Waals surface area (Å²) in [7, 11) is 0. The zero-order chi connectivity index (χ0) is 16.2. The van der Waals surface area contributed by atoms with Gasteiger partial charge in [0, 0.05) is 6.07 Å². The zero-order valence-corrected chi connectivity index (χ0v) is 12.7. The lowest BCUT2D eigenvalue weighted by Gasteiger charge is -2.04. The topological polar surface area (TPSA) is 68.5 Å². The van der Waals surface area contributed by atoms with Gasteiger partial charge >= 0.3 is 5.91 Å². The summed E-state index contributed by atoms with van der Waals surface area (Å²) < 4.78 is 7.24. The van der Waals surface area contributed by atoms with Crippen LogP contribution in [-0.2, 0) is 4.79 Å². The Kier molecular flexibility index (Phi) is 3.93. The molecule has 114 valence electrons. The number of nitrogens with one attached hydrogen (secondary N) is 1. The molecule has 0 unspecified atom stereocenters. The van der Waals surface area contributed by atoms with Crippen molar-refractivity contribution in [3.63, 3.8) is 0 Å². The van der Waals surface area contributed by atoms with E-state index in [9.17, 15) is 4.79 Å². The number of aryl methyl sites for hydroxylation is 1. The molecule has 0 fully saturated rings. The van der Waals surface area contributed by atoms with Gasteiger partial charge in [-0.25, -0.2) is 9.50 Å². The molecule has 6 heteroatoms. The maximum Gasteiger partial charge on any atom is 0.301 e. The van der Waals surface area contributed by atoms with E-state index in [1.165, 1.54) is 0 Å². The number of nitrogens with zero attached hydrogens (tertiary/aromatic N) is 3. The van der Waals surface area contributed by atoms with Gasteiger partial charge in [-0.1, -0.05) is 23.6 Å². The molecule has 23 heavy (non-hydrogen) atoms. The van der Waals surface area contributed by atoms with Crippen molar-refractivity contribution in [3.8, 4) is 23.5 Å². The number of anilines is 1. The summed E-state index contributed by atoms with van der Waals surface area (Å²) in [6, 6.07) is 11.2. The molecule has 0 aliphatic carbocycles. The van der Waals surface area contributed by atoms with Crippen molar-refractivity contribution in [3.05, 3.63) is 48.2 Å². The SMILES string of the molecule is CC#CC(=O)Nc1cn2nc(Oc3ccc(C)cc3)ccc2n1. The highest BCUT2D eigenvalue weighted by Crippen LogP contribution is 2.20. The van der Waals surface area contributed by atoms with Crippen molar-refractivity contribution in [2.75, 3.05) is 5.32 Å². The Morgan fingerprint density at radius 1 is 1.22 bits per heavy atom. The molecule has 1 aromatic carbocycles. The Morgan fingerprint density at radius 3 is 2.74 bits per heavy atom. The minimum Gasteiger partial charge on any atom is -0.438 e. The molecular weight excluding hydrogens is 292 g/mol. The summed E-state index contributed by atoms with van der Waals surface area (Å²) >= 11 is 0. The predicted octanol–water partition coefficient (Wildman–Crippen LogP) is 2.79. The van der Waals surface area contributed by atoms with Crippen LogP contribution in [0.15, 0.2) is 42.6 Å². The minimum atomic E-state index is -0.410. The maximum absolute atomic E-state index is 11.4. The van der Waals surface area contributed by atoms with Gasteiger partial charge in [-0.15, -0.1) is 5.10 Å². The van der Waals surface area contributed by atoms with Crippen LogP contribution >= 0.6 is 0 Å². The first-order chi connectivity index (χ1) is 11.1. The number of ether oxygens (including phenoxy) is 1. The number of amides is 1. The summed E-state index contributed by atoms with van der Waals surface area (Å²) in [5.41, 5.74) is 1.76. The van der Waals surface area contributed by atoms with Crippen LogP contribution in [0.1, 0.15) is 12.5 Å². The smallest absolute Gasteiger partial charge is 0.301 e. The van der Waals surface area contributed by atoms with Crippen molar-refractivity contribution >= 4 is 17.4 Å². The molecule has 0 aliphatic rings. The van der Waals surface area contributed by atoms with Crippen molar-refractivity contribution in [2.24, 2.45) is 0 Å². The first-order valence-corrected chi connectivity index (χ1v) is 6.99. The average molecular weight is 306 g/mol. The molecule has 2 aromatic heterocycles. The molecule has 6 nitrogen and oxygen atoms in total. The molecule has 3 aromatic rings. The number of carbonyl (C=O) groups excluding carboxylic acids is 1. The number of aromatic nitrogens is 3. The van der Waals surface area contributed by atoms with Crippen LogP contribution < -0.4 is 10.1 Å². The van der Waals surface area contributed by atoms with E-state index in [4.69, 9.17) is 4.74 Å². The number of rotatable bonds is 3. The van der Waals surface area contributed by atoms with Gasteiger partial charge in [0.2, 0.25) is 5.88 Å². The quantitative estimate of drug-likeness (QED) is 0.756. The third kappa shape index (κ3) is 3.47. The first-order valence-electron chi connectivity index (χ1n) is 6.99. The fourth-order valence-corrected chi connectivity index (χ4v) is 1.97. The zero-order valence-electron chi connectivity index (χ0n) is 12.7. The lowest BCUT2D eigenvalue weighted by molar-refractivity contribution is -0.111. The standard InChI is InChI=1S/C17H14N4O2/c1-3-4-16(22)19-14-11-21-15(18-14)9-10-17(20-21)23-13-7-5-12(2)6-8-13/h5-11H,1-2H3,(H,19,22). The maximum atomic E-state index is 11.4. The molecule has 0 bridgehead atoms. The van der Waals surface area contributed by atoms with Crippen LogP contribution in [0.25, 0.3) is 5.65 Å². The Hall–Kier alpha value is -3.33. The first kappa shape index (κ1) is 14.6. The average Bonchev–Trinajstić information content (AvgIpc) is 2.91. The molecule has 0 saturated heterocycles. The van der Waals surface area contributed by atoms with Crippen LogP contribution in [0.3, 0.4) is 0 Å². The van der Waals surface area contributed by atoms with Gasteiger partial charge in [-0.2, -0.15) is 0 Å². The van der Waals surface area contributed by atoms with E-state index in [0.717, 1.165) is 5.56 Å². The Bertz CT molecular complexity index is 917. The third-order valence-electron chi connectivity index (χ3n) is 3.02. The highest BCUT2D eigenvalue weighted by atomic mass is 16.5. The highest BCUT2D eigenvalue weighted by Gasteiger charge is 2.07. The molecule has 0 spiro atoms. The molecule has 1 amide bonds. The predicted molar refractivity (Wildman–Crippen MR) is 86.3 cm³/mol. The van der Waals surface area contributed by atoms with Crippen molar-refractivity contribution in [1.82, 2.24) is 14.6 Å². The second-order valence-corrected chi connectivity index (χ2v) is 4.84. The Balaban J connectivity index is 1.82. The second-order valence-electron chi connectivity index (χ2n) is 4.84. The molecule has 0 atom stereocenters. The number of fused-ring (bicyclic) bond motifs is 1. The number of benzene rings is 1. The van der Waals surface area contributed by atoms with Crippen LogP contribution in [0, 0.1) is 18.8 Å². The van der Waals surface area contributed by atoms with Gasteiger partial charge in [0.25, 0.3) is 0 Å². The summed E-state index contributed by atoms with van der Waals surface area (Å²) in [4.78, 5) is 15.7. The van der Waals surface area contributed by atoms with Gasteiger partial charge in [0.05, 0.1) is 6.20 Å². The minimum absolute atomic E-state index is 0.387. The number of imidazole rings is 1. The highest BCUT2D eigenvalue weighted by molar-refractivity contribution is 6.03. The van der Waals surface area contributed by atoms with Gasteiger partial charge in [-0.3, -0.25) is 10.1 Å². The number of hydrogen-bond acceptors (Lipinski definition) is 4. The van der Waals surface area contributed by atoms with E-state index in [2.05, 4.69) is 27.2 Å². The monoisotopic (exact) mass is 306 g/mol. The van der Waals surface area contributed by atoms with E-state index >= 15 is 0 Å². The molecule has 2 heterocycles. The van der Waals surface area contributed by atoms with E-state index in [1.807, 2.05) is 31.2 Å². The fraction of sp³-hybridized carbons (Fsp3) is 0.118. The molecule has 0 radical (unpaired) electrons. The van der Waals surface area contributed by atoms with E-state index in [0.29, 0.717) is 23.1 Å². The second kappa shape index (κ2) is 6.20. The number of hydrogen-bond donors (Lipinski definition) is 1. The van der Waals surface area contributed by atoms with Gasteiger partial charge in [0.15, 0.2) is 11.5 Å². The molecule has 0 aliphatic heterocycles. The largest absolute Gasteiger partial charge is 0.438 e. The van der Waals surface area contributed by atoms with Crippen LogP contribution in [0.2, 0.25) is 0 Å². The van der Waals surface area contributed by atoms with Crippen molar-refractivity contribution in [1.29, 1.82) is 0 Å². The third-order valence-corrected chi connectivity index (χ3v) is 3.02. The number of carbonyl (C=O) groups is 1. The van der Waals surface area contributed by atoms with E-state index < -0.39 is 5.91 Å². The lowest BCUT2D eigenvalue weighted by Crippen LogP contribution is -2.08. The van der Waals surface area contributed by atoms with Gasteiger partial charge in [0.1, 0.15) is 5.75 Å². The molecule has 3 rings (SSSR count). The van der Waals surface area contributed by atoms with Gasteiger partial charge < -0.3 is 4.74 Å². The van der Waals surface area contributed by atoms with Crippen LogP contribution in [0.4, 0.5) is 5.82 Å². The van der Waals surface area contributed by atoms with Gasteiger partial charge in [-0.05, 0) is 38.0 Å². The van der Waals surface area contributed by atoms with Crippen LogP contribution in [0.5, 0.6) is 11.6 Å². The lowest BCUT2D eigenvalue weighted by atomic mass is 10.2. The summed E-state index contributed by atoms with van der Waals surface area (Å²) in [6.07, 6.45) is 1.60. The Labute approximate surface area is 133 Å². The van der Waals surface area contributed by atoms with Crippen molar-refractivity contribution < 1.29 is 9.53 Å². The summed E-state index contributed by atoms with van der Waals surface area (Å²) in [5, 5.41) is 6.89. The van der Waals surface area contributed by atoms with E-state index in [-0.39, 0.29) is 0 Å². The molecule has 0 saturated carbocycles. The normalized spacial score (nSPS) is 10.0. The molecule has 1 N–H and O–H groups in total. The summed E-state index contributed by atoms with van der Waals surface area (Å²) in [6.45, 7) is 3.61. The van der Waals surface area contributed by atoms with Crippen molar-refractivity contribution in [2.45, 2.75) is 13.8 Å². The summed E-state index contributed by atoms with van der Waals surface area (Å²) in [5.74, 6) is 6.04.